The fraction of sp³-hybridized carbons (Fsp3) is 0.600. The predicted molar refractivity (Wildman–Crippen MR) is 76.5 cm³/mol. The van der Waals surface area contributed by atoms with Crippen molar-refractivity contribution in [1.29, 1.82) is 0 Å². The van der Waals surface area contributed by atoms with Crippen molar-refractivity contribution in [2.24, 2.45) is 0 Å². The second-order valence-electron chi connectivity index (χ2n) is 5.00. The van der Waals surface area contributed by atoms with E-state index in [0.29, 0.717) is 0 Å². The van der Waals surface area contributed by atoms with Crippen LogP contribution in [0.5, 0.6) is 0 Å². The third-order valence-corrected chi connectivity index (χ3v) is 3.14. The number of aliphatic hydroxyl groups excluding tert-OH is 1. The number of nitrogens with zero attached hydrogens (tertiary/aromatic N) is 2. The van der Waals surface area contributed by atoms with Gasteiger partial charge in [0, 0.05) is 6.54 Å². The Hall–Kier alpha value is -0.900. The molecule has 0 saturated heterocycles. The van der Waals surface area contributed by atoms with Crippen LogP contribution in [-0.4, -0.2) is 48.6 Å². The zero-order valence-corrected chi connectivity index (χ0v) is 11.9. The van der Waals surface area contributed by atoms with E-state index in [0.717, 1.165) is 31.7 Å². The Bertz CT molecular complexity index is 322. The van der Waals surface area contributed by atoms with Crippen LogP contribution in [0.2, 0.25) is 0 Å². The van der Waals surface area contributed by atoms with Crippen LogP contribution >= 0.6 is 0 Å². The van der Waals surface area contributed by atoms with Crippen molar-refractivity contribution in [3.63, 3.8) is 0 Å². The van der Waals surface area contributed by atoms with Crippen LogP contribution in [0.3, 0.4) is 0 Å². The molecule has 1 aromatic carbocycles. The molecule has 0 aliphatic carbocycles. The average Bonchev–Trinajstić information content (AvgIpc) is 2.38. The molecule has 0 aromatic heterocycles. The molecule has 0 amide bonds. The van der Waals surface area contributed by atoms with Crippen molar-refractivity contribution < 1.29 is 5.11 Å². The third kappa shape index (κ3) is 5.63. The molecule has 0 fully saturated rings. The number of rotatable bonds is 8. The minimum atomic E-state index is 0.126. The molecule has 1 rings (SSSR count). The van der Waals surface area contributed by atoms with Crippen LogP contribution in [0.15, 0.2) is 24.3 Å². The number of benzene rings is 1. The second kappa shape index (κ2) is 8.25. The molecule has 0 heterocycles. The van der Waals surface area contributed by atoms with Gasteiger partial charge in [0.25, 0.3) is 0 Å². The van der Waals surface area contributed by atoms with Gasteiger partial charge in [0.1, 0.15) is 0 Å². The van der Waals surface area contributed by atoms with Crippen LogP contribution in [0.1, 0.15) is 24.5 Å². The fourth-order valence-corrected chi connectivity index (χ4v) is 1.97. The quantitative estimate of drug-likeness (QED) is 0.764. The molecular weight excluding hydrogens is 224 g/mol. The highest BCUT2D eigenvalue weighted by Gasteiger charge is 2.04. The molecule has 3 nitrogen and oxygen atoms in total. The highest BCUT2D eigenvalue weighted by atomic mass is 16.3. The summed E-state index contributed by atoms with van der Waals surface area (Å²) in [6, 6.07) is 8.23. The van der Waals surface area contributed by atoms with Gasteiger partial charge in [0.05, 0.1) is 6.61 Å². The zero-order valence-electron chi connectivity index (χ0n) is 11.9. The molecule has 0 saturated carbocycles. The third-order valence-electron chi connectivity index (χ3n) is 3.14. The maximum atomic E-state index is 9.01. The van der Waals surface area contributed by atoms with Crippen LogP contribution in [0.4, 0.5) is 0 Å². The smallest absolute Gasteiger partial charge is 0.0681 e. The van der Waals surface area contributed by atoms with E-state index in [9.17, 15) is 0 Å². The molecule has 0 spiro atoms. The normalized spacial score (nSPS) is 11.4. The lowest BCUT2D eigenvalue weighted by molar-refractivity contribution is 0.259. The Morgan fingerprint density at radius 2 is 1.61 bits per heavy atom. The highest BCUT2D eigenvalue weighted by molar-refractivity contribution is 5.21. The van der Waals surface area contributed by atoms with Gasteiger partial charge in [0.15, 0.2) is 0 Å². The Morgan fingerprint density at radius 1 is 1.00 bits per heavy atom. The number of aliphatic hydroxyl groups is 1. The lowest BCUT2D eigenvalue weighted by Gasteiger charge is -2.21. The first-order chi connectivity index (χ1) is 8.65. The van der Waals surface area contributed by atoms with Crippen LogP contribution in [-0.2, 0) is 13.2 Å². The standard InChI is InChI=1S/C15H26N2O/c1-4-17(11-5-10-16(2)3)12-14-6-8-15(13-18)9-7-14/h6-9,18H,4-5,10-13H2,1-3H3. The van der Waals surface area contributed by atoms with Crippen LogP contribution in [0, 0.1) is 0 Å². The van der Waals surface area contributed by atoms with Gasteiger partial charge in [-0.2, -0.15) is 0 Å². The zero-order chi connectivity index (χ0) is 13.4. The molecule has 0 aliphatic rings. The van der Waals surface area contributed by atoms with Crippen molar-refractivity contribution in [3.8, 4) is 0 Å². The highest BCUT2D eigenvalue weighted by Crippen LogP contribution is 2.08. The summed E-state index contributed by atoms with van der Waals surface area (Å²) in [6.45, 7) is 6.68. The summed E-state index contributed by atoms with van der Waals surface area (Å²) in [5.41, 5.74) is 2.30. The summed E-state index contributed by atoms with van der Waals surface area (Å²) < 4.78 is 0. The maximum Gasteiger partial charge on any atom is 0.0681 e. The van der Waals surface area contributed by atoms with E-state index in [1.54, 1.807) is 0 Å². The van der Waals surface area contributed by atoms with Gasteiger partial charge in [-0.05, 0) is 51.3 Å². The number of hydrogen-bond donors (Lipinski definition) is 1. The molecule has 3 heteroatoms. The molecule has 18 heavy (non-hydrogen) atoms. The largest absolute Gasteiger partial charge is 0.392 e. The summed E-state index contributed by atoms with van der Waals surface area (Å²) in [5, 5.41) is 9.01. The van der Waals surface area contributed by atoms with Gasteiger partial charge in [-0.3, -0.25) is 4.90 Å². The van der Waals surface area contributed by atoms with E-state index >= 15 is 0 Å². The summed E-state index contributed by atoms with van der Waals surface area (Å²) in [7, 11) is 4.23. The molecule has 0 bridgehead atoms. The lowest BCUT2D eigenvalue weighted by Crippen LogP contribution is -2.26. The molecule has 0 unspecified atom stereocenters. The Kier molecular flexibility index (Phi) is 6.94. The summed E-state index contributed by atoms with van der Waals surface area (Å²) in [4.78, 5) is 4.68. The summed E-state index contributed by atoms with van der Waals surface area (Å²) in [5.74, 6) is 0. The monoisotopic (exact) mass is 250 g/mol. The fourth-order valence-electron chi connectivity index (χ4n) is 1.97. The van der Waals surface area contributed by atoms with Gasteiger partial charge in [-0.15, -0.1) is 0 Å². The second-order valence-corrected chi connectivity index (χ2v) is 5.00. The van der Waals surface area contributed by atoms with Crippen molar-refractivity contribution in [2.45, 2.75) is 26.5 Å². The minimum Gasteiger partial charge on any atom is -0.392 e. The van der Waals surface area contributed by atoms with E-state index in [4.69, 9.17) is 5.11 Å². The van der Waals surface area contributed by atoms with Gasteiger partial charge < -0.3 is 10.0 Å². The minimum absolute atomic E-state index is 0.126. The molecule has 0 atom stereocenters. The topological polar surface area (TPSA) is 26.7 Å². The van der Waals surface area contributed by atoms with E-state index in [1.165, 1.54) is 12.0 Å². The average molecular weight is 250 g/mol. The van der Waals surface area contributed by atoms with Crippen molar-refractivity contribution in [1.82, 2.24) is 9.80 Å². The van der Waals surface area contributed by atoms with E-state index in [-0.39, 0.29) is 6.61 Å². The summed E-state index contributed by atoms with van der Waals surface area (Å²) in [6.07, 6.45) is 1.20. The van der Waals surface area contributed by atoms with Crippen molar-refractivity contribution in [3.05, 3.63) is 35.4 Å². The van der Waals surface area contributed by atoms with E-state index < -0.39 is 0 Å². The van der Waals surface area contributed by atoms with E-state index in [2.05, 4.69) is 43.0 Å². The molecule has 1 aromatic rings. The maximum absolute atomic E-state index is 9.01. The van der Waals surface area contributed by atoms with Crippen molar-refractivity contribution in [2.75, 3.05) is 33.7 Å². The van der Waals surface area contributed by atoms with Crippen LogP contribution in [0.25, 0.3) is 0 Å². The first kappa shape index (κ1) is 15.2. The Balaban J connectivity index is 2.41. The molecule has 0 aliphatic heterocycles. The first-order valence-corrected chi connectivity index (χ1v) is 6.71. The SMILES string of the molecule is CCN(CCCN(C)C)Cc1ccc(CO)cc1. The molecule has 0 radical (unpaired) electrons. The van der Waals surface area contributed by atoms with E-state index in [1.807, 2.05) is 12.1 Å². The molecular formula is C15H26N2O. The van der Waals surface area contributed by atoms with Crippen molar-refractivity contribution >= 4 is 0 Å². The molecule has 102 valence electrons. The van der Waals surface area contributed by atoms with Gasteiger partial charge in [-0.25, -0.2) is 0 Å². The Labute approximate surface area is 111 Å². The predicted octanol–water partition coefficient (Wildman–Crippen LogP) is 1.95. The first-order valence-electron chi connectivity index (χ1n) is 6.71. The van der Waals surface area contributed by atoms with Gasteiger partial charge in [-0.1, -0.05) is 31.2 Å². The number of hydrogen-bond acceptors (Lipinski definition) is 3. The Morgan fingerprint density at radius 3 is 2.11 bits per heavy atom. The van der Waals surface area contributed by atoms with Gasteiger partial charge >= 0.3 is 0 Å². The van der Waals surface area contributed by atoms with Crippen LogP contribution < -0.4 is 0 Å². The molecule has 1 N–H and O–H groups in total. The summed E-state index contributed by atoms with van der Waals surface area (Å²) >= 11 is 0. The van der Waals surface area contributed by atoms with Gasteiger partial charge in [0.2, 0.25) is 0 Å². The lowest BCUT2D eigenvalue weighted by atomic mass is 10.1.